The van der Waals surface area contributed by atoms with Crippen LogP contribution in [0.5, 0.6) is 0 Å². The van der Waals surface area contributed by atoms with Crippen LogP contribution in [0.4, 0.5) is 0 Å². The number of aliphatic hydroxyl groups is 1. The minimum Gasteiger partial charge on any atom is -0.390 e. The molecule has 1 aliphatic carbocycles. The topological polar surface area (TPSA) is 98.3 Å². The van der Waals surface area contributed by atoms with E-state index in [0.717, 1.165) is 25.7 Å². The highest BCUT2D eigenvalue weighted by Gasteiger charge is 2.35. The molecule has 1 saturated carbocycles. The molecular weight excluding hydrogens is 202 g/mol. The molecule has 0 amide bonds. The van der Waals surface area contributed by atoms with Crippen molar-refractivity contribution in [3.8, 4) is 0 Å². The van der Waals surface area contributed by atoms with Crippen LogP contribution in [0, 0.1) is 17.8 Å². The van der Waals surface area contributed by atoms with Gasteiger partial charge in [-0.15, -0.1) is 0 Å². The van der Waals surface area contributed by atoms with E-state index in [4.69, 9.17) is 17.2 Å². The lowest BCUT2D eigenvalue weighted by Gasteiger charge is -2.40. The van der Waals surface area contributed by atoms with Gasteiger partial charge in [0, 0.05) is 5.92 Å². The second kappa shape index (κ2) is 5.45. The fraction of sp³-hybridized carbons (Fsp3) is 1.00. The highest BCUT2D eigenvalue weighted by molar-refractivity contribution is 4.88. The van der Waals surface area contributed by atoms with Crippen molar-refractivity contribution >= 4 is 0 Å². The molecule has 1 rings (SSSR count). The van der Waals surface area contributed by atoms with Gasteiger partial charge in [0.1, 0.15) is 0 Å². The summed E-state index contributed by atoms with van der Waals surface area (Å²) in [5, 5.41) is 10.1. The quantitative estimate of drug-likeness (QED) is 0.524. The Morgan fingerprint density at radius 1 is 1.31 bits per heavy atom. The minimum absolute atomic E-state index is 0.185. The van der Waals surface area contributed by atoms with Gasteiger partial charge in [-0.3, -0.25) is 0 Å². The first-order chi connectivity index (χ1) is 7.36. The normalized spacial score (nSPS) is 29.4. The van der Waals surface area contributed by atoms with Gasteiger partial charge in [-0.05, 0) is 45.1 Å². The summed E-state index contributed by atoms with van der Waals surface area (Å²) in [6.45, 7) is 4.32. The van der Waals surface area contributed by atoms with Crippen LogP contribution in [-0.2, 0) is 0 Å². The van der Waals surface area contributed by atoms with E-state index in [-0.39, 0.29) is 12.1 Å². The molecule has 1 fully saturated rings. The molecule has 0 bridgehead atoms. The third-order valence-corrected chi connectivity index (χ3v) is 4.09. The summed E-state index contributed by atoms with van der Waals surface area (Å²) >= 11 is 0. The van der Waals surface area contributed by atoms with Crippen molar-refractivity contribution in [1.29, 1.82) is 0 Å². The van der Waals surface area contributed by atoms with Gasteiger partial charge in [0.2, 0.25) is 0 Å². The van der Waals surface area contributed by atoms with Crippen LogP contribution in [0.15, 0.2) is 0 Å². The molecule has 3 atom stereocenters. The first-order valence-electron chi connectivity index (χ1n) is 6.30. The monoisotopic (exact) mass is 229 g/mol. The zero-order chi connectivity index (χ0) is 12.3. The predicted octanol–water partition coefficient (Wildman–Crippen LogP) is 0.382. The van der Waals surface area contributed by atoms with Crippen LogP contribution in [0.25, 0.3) is 0 Å². The molecule has 96 valence electrons. The van der Waals surface area contributed by atoms with Gasteiger partial charge in [0.05, 0.1) is 11.8 Å². The zero-order valence-corrected chi connectivity index (χ0v) is 10.5. The van der Waals surface area contributed by atoms with E-state index in [1.165, 1.54) is 0 Å². The van der Waals surface area contributed by atoms with Gasteiger partial charge < -0.3 is 22.3 Å². The van der Waals surface area contributed by atoms with E-state index in [1.54, 1.807) is 0 Å². The van der Waals surface area contributed by atoms with Crippen molar-refractivity contribution in [2.45, 2.75) is 51.3 Å². The van der Waals surface area contributed by atoms with Crippen molar-refractivity contribution in [3.63, 3.8) is 0 Å². The molecule has 0 heterocycles. The minimum atomic E-state index is -0.601. The molecule has 16 heavy (non-hydrogen) atoms. The molecule has 4 nitrogen and oxygen atoms in total. The van der Waals surface area contributed by atoms with Gasteiger partial charge in [0.25, 0.3) is 0 Å². The lowest BCUT2D eigenvalue weighted by molar-refractivity contribution is -0.0170. The molecular formula is C12H27N3O. The summed E-state index contributed by atoms with van der Waals surface area (Å²) in [5.41, 5.74) is 16.7. The average Bonchev–Trinajstić information content (AvgIpc) is 2.17. The maximum atomic E-state index is 10.1. The highest BCUT2D eigenvalue weighted by Crippen LogP contribution is 2.38. The van der Waals surface area contributed by atoms with E-state index in [9.17, 15) is 5.11 Å². The largest absolute Gasteiger partial charge is 0.390 e. The molecule has 4 heteroatoms. The number of rotatable bonds is 4. The van der Waals surface area contributed by atoms with E-state index in [2.05, 4.69) is 0 Å². The molecule has 0 spiro atoms. The van der Waals surface area contributed by atoms with E-state index in [0.29, 0.717) is 18.4 Å². The smallest absolute Gasteiger partial charge is 0.0619 e. The summed E-state index contributed by atoms with van der Waals surface area (Å²) in [4.78, 5) is 0. The highest BCUT2D eigenvalue weighted by atomic mass is 16.3. The lowest BCUT2D eigenvalue weighted by Crippen LogP contribution is -2.48. The molecule has 0 aromatic carbocycles. The molecule has 1 aliphatic rings. The molecule has 0 radical (unpaired) electrons. The Bertz CT molecular complexity index is 213. The van der Waals surface area contributed by atoms with Crippen LogP contribution in [0.2, 0.25) is 0 Å². The summed E-state index contributed by atoms with van der Waals surface area (Å²) in [6.07, 6.45) is 4.03. The van der Waals surface area contributed by atoms with Gasteiger partial charge >= 0.3 is 0 Å². The average molecular weight is 229 g/mol. The van der Waals surface area contributed by atoms with E-state index >= 15 is 0 Å². The molecule has 7 N–H and O–H groups in total. The lowest BCUT2D eigenvalue weighted by atomic mass is 9.69. The second-order valence-electron chi connectivity index (χ2n) is 5.75. The predicted molar refractivity (Wildman–Crippen MR) is 66.5 cm³/mol. The molecule has 0 aromatic rings. The van der Waals surface area contributed by atoms with Gasteiger partial charge in [-0.1, -0.05) is 12.8 Å². The summed E-state index contributed by atoms with van der Waals surface area (Å²) in [6, 6.07) is 0. The number of nitrogens with two attached hydrogens (primary N) is 3. The Kier molecular flexibility index (Phi) is 4.73. The molecule has 3 unspecified atom stereocenters. The van der Waals surface area contributed by atoms with Crippen LogP contribution in [-0.4, -0.2) is 23.4 Å². The van der Waals surface area contributed by atoms with Crippen LogP contribution < -0.4 is 17.2 Å². The SMILES string of the molecule is CC(C)(O)C1CCCC(C(CN)C(N)N)C1. The van der Waals surface area contributed by atoms with Crippen LogP contribution in [0.3, 0.4) is 0 Å². The summed E-state index contributed by atoms with van der Waals surface area (Å²) in [5.74, 6) is 0.999. The Balaban J connectivity index is 2.62. The fourth-order valence-electron chi connectivity index (χ4n) is 2.92. The third-order valence-electron chi connectivity index (χ3n) is 4.09. The molecule has 0 aromatic heterocycles. The Morgan fingerprint density at radius 3 is 2.38 bits per heavy atom. The van der Waals surface area contributed by atoms with Gasteiger partial charge in [0.15, 0.2) is 0 Å². The number of hydrogen-bond donors (Lipinski definition) is 4. The first kappa shape index (κ1) is 13.9. The Labute approximate surface area is 98.6 Å². The maximum Gasteiger partial charge on any atom is 0.0619 e. The van der Waals surface area contributed by atoms with Crippen LogP contribution in [0.1, 0.15) is 39.5 Å². The maximum absolute atomic E-state index is 10.1. The van der Waals surface area contributed by atoms with E-state index in [1.807, 2.05) is 13.8 Å². The second-order valence-corrected chi connectivity index (χ2v) is 5.75. The van der Waals surface area contributed by atoms with Crippen molar-refractivity contribution in [3.05, 3.63) is 0 Å². The summed E-state index contributed by atoms with van der Waals surface area (Å²) in [7, 11) is 0. The van der Waals surface area contributed by atoms with Gasteiger partial charge in [-0.2, -0.15) is 0 Å². The fourth-order valence-corrected chi connectivity index (χ4v) is 2.92. The Hall–Kier alpha value is -0.160. The number of hydrogen-bond acceptors (Lipinski definition) is 4. The zero-order valence-electron chi connectivity index (χ0n) is 10.5. The first-order valence-corrected chi connectivity index (χ1v) is 6.30. The summed E-state index contributed by atoms with van der Waals surface area (Å²) < 4.78 is 0. The van der Waals surface area contributed by atoms with Crippen molar-refractivity contribution in [1.82, 2.24) is 0 Å². The van der Waals surface area contributed by atoms with Gasteiger partial charge in [-0.25, -0.2) is 0 Å². The molecule has 0 saturated heterocycles. The van der Waals surface area contributed by atoms with Crippen molar-refractivity contribution in [2.75, 3.05) is 6.54 Å². The van der Waals surface area contributed by atoms with Crippen molar-refractivity contribution in [2.24, 2.45) is 35.0 Å². The third kappa shape index (κ3) is 3.42. The standard InChI is InChI=1S/C12H27N3O/c1-12(2,16)9-5-3-4-8(6-9)10(7-13)11(14)15/h8-11,16H,3-7,13-15H2,1-2H3. The van der Waals surface area contributed by atoms with Crippen LogP contribution >= 0.6 is 0 Å². The molecule has 0 aliphatic heterocycles. The Morgan fingerprint density at radius 2 is 1.94 bits per heavy atom. The van der Waals surface area contributed by atoms with Crippen molar-refractivity contribution < 1.29 is 5.11 Å². The van der Waals surface area contributed by atoms with E-state index < -0.39 is 5.60 Å².